The molecule has 3 rings (SSSR count). The molecule has 2 bridgehead atoms. The van der Waals surface area contributed by atoms with Gasteiger partial charge >= 0.3 is 0 Å². The van der Waals surface area contributed by atoms with Gasteiger partial charge < -0.3 is 0 Å². The van der Waals surface area contributed by atoms with Crippen molar-refractivity contribution >= 4 is 0 Å². The van der Waals surface area contributed by atoms with E-state index in [9.17, 15) is 5.26 Å². The van der Waals surface area contributed by atoms with E-state index in [4.69, 9.17) is 0 Å². The molecule has 2 aliphatic rings. The molecule has 2 atom stereocenters. The van der Waals surface area contributed by atoms with E-state index in [2.05, 4.69) is 48.2 Å². The zero-order valence-electron chi connectivity index (χ0n) is 11.7. The van der Waals surface area contributed by atoms with Crippen molar-refractivity contribution in [2.24, 2.45) is 5.41 Å². The van der Waals surface area contributed by atoms with Crippen molar-refractivity contribution in [3.63, 3.8) is 0 Å². The zero-order valence-corrected chi connectivity index (χ0v) is 11.7. The maximum Gasteiger partial charge on any atom is 0.0690 e. The van der Waals surface area contributed by atoms with Gasteiger partial charge in [0, 0.05) is 18.6 Å². The first-order chi connectivity index (χ1) is 9.26. The summed E-state index contributed by atoms with van der Waals surface area (Å²) in [5.74, 6) is 0. The van der Waals surface area contributed by atoms with E-state index in [0.717, 1.165) is 25.8 Å². The van der Waals surface area contributed by atoms with Crippen molar-refractivity contribution in [2.45, 2.75) is 57.7 Å². The third-order valence-corrected chi connectivity index (χ3v) is 5.15. The summed E-state index contributed by atoms with van der Waals surface area (Å²) < 4.78 is 0. The number of fused-ring (bicyclic) bond motifs is 2. The lowest BCUT2D eigenvalue weighted by atomic mass is 9.74. The average molecular weight is 254 g/mol. The second-order valence-electron chi connectivity index (χ2n) is 6.20. The van der Waals surface area contributed by atoms with E-state index in [0.29, 0.717) is 12.1 Å². The van der Waals surface area contributed by atoms with Crippen LogP contribution in [-0.2, 0) is 6.54 Å². The van der Waals surface area contributed by atoms with E-state index < -0.39 is 0 Å². The molecule has 0 aromatic heterocycles. The minimum Gasteiger partial charge on any atom is -0.293 e. The lowest BCUT2D eigenvalue weighted by Gasteiger charge is -2.43. The van der Waals surface area contributed by atoms with Gasteiger partial charge in [-0.3, -0.25) is 4.90 Å². The van der Waals surface area contributed by atoms with Crippen LogP contribution >= 0.6 is 0 Å². The van der Waals surface area contributed by atoms with Gasteiger partial charge in [-0.1, -0.05) is 37.3 Å². The molecule has 2 saturated heterocycles. The van der Waals surface area contributed by atoms with Crippen molar-refractivity contribution < 1.29 is 0 Å². The van der Waals surface area contributed by atoms with Crippen molar-refractivity contribution in [2.75, 3.05) is 0 Å². The summed E-state index contributed by atoms with van der Waals surface area (Å²) in [6.07, 6.45) is 5.71. The Hall–Kier alpha value is -1.33. The molecule has 1 aromatic rings. The van der Waals surface area contributed by atoms with Gasteiger partial charge in [0.25, 0.3) is 0 Å². The van der Waals surface area contributed by atoms with Crippen molar-refractivity contribution in [3.8, 4) is 6.07 Å². The fraction of sp³-hybridized carbons (Fsp3) is 0.588. The Bertz CT molecular complexity index is 460. The second-order valence-corrected chi connectivity index (χ2v) is 6.20. The largest absolute Gasteiger partial charge is 0.293 e. The van der Waals surface area contributed by atoms with Crippen LogP contribution in [0.2, 0.25) is 0 Å². The standard InChI is InChI=1S/C17H22N2/c1-2-17(13-18)10-15-8-9-16(11-17)19(15)12-14-6-4-3-5-7-14/h3-7,15-16H,2,8-12H2,1H3. The van der Waals surface area contributed by atoms with Crippen LogP contribution in [0.1, 0.15) is 44.6 Å². The summed E-state index contributed by atoms with van der Waals surface area (Å²) in [5, 5.41) is 9.51. The molecule has 0 N–H and O–H groups in total. The van der Waals surface area contributed by atoms with Crippen molar-refractivity contribution in [1.29, 1.82) is 5.26 Å². The smallest absolute Gasteiger partial charge is 0.0690 e. The lowest BCUT2D eigenvalue weighted by Crippen LogP contribution is -2.46. The Balaban J connectivity index is 1.76. The molecule has 2 heteroatoms. The number of hydrogen-bond donors (Lipinski definition) is 0. The predicted octanol–water partition coefficient (Wildman–Crippen LogP) is 3.73. The van der Waals surface area contributed by atoms with Crippen LogP contribution < -0.4 is 0 Å². The minimum absolute atomic E-state index is 0.0426. The third-order valence-electron chi connectivity index (χ3n) is 5.15. The maximum atomic E-state index is 9.51. The monoisotopic (exact) mass is 254 g/mol. The van der Waals surface area contributed by atoms with Crippen LogP contribution in [-0.4, -0.2) is 17.0 Å². The number of benzene rings is 1. The molecule has 0 saturated carbocycles. The van der Waals surface area contributed by atoms with Crippen LogP contribution in [0.15, 0.2) is 30.3 Å². The van der Waals surface area contributed by atoms with Crippen LogP contribution in [0.3, 0.4) is 0 Å². The van der Waals surface area contributed by atoms with E-state index in [-0.39, 0.29) is 5.41 Å². The van der Waals surface area contributed by atoms with Crippen LogP contribution in [0, 0.1) is 16.7 Å². The highest BCUT2D eigenvalue weighted by Crippen LogP contribution is 2.47. The highest BCUT2D eigenvalue weighted by atomic mass is 15.2. The van der Waals surface area contributed by atoms with Gasteiger partial charge in [-0.15, -0.1) is 0 Å². The Morgan fingerprint density at radius 3 is 2.37 bits per heavy atom. The Labute approximate surface area is 116 Å². The molecular formula is C17H22N2. The van der Waals surface area contributed by atoms with Crippen molar-refractivity contribution in [1.82, 2.24) is 4.90 Å². The first-order valence-corrected chi connectivity index (χ1v) is 7.47. The summed E-state index contributed by atoms with van der Waals surface area (Å²) in [6.45, 7) is 3.23. The summed E-state index contributed by atoms with van der Waals surface area (Å²) in [5.41, 5.74) is 1.36. The molecule has 19 heavy (non-hydrogen) atoms. The quantitative estimate of drug-likeness (QED) is 0.821. The highest BCUT2D eigenvalue weighted by molar-refractivity contribution is 5.17. The fourth-order valence-electron chi connectivity index (χ4n) is 3.95. The Morgan fingerprint density at radius 2 is 1.84 bits per heavy atom. The van der Waals surface area contributed by atoms with Gasteiger partial charge in [0.2, 0.25) is 0 Å². The van der Waals surface area contributed by atoms with E-state index in [1.807, 2.05) is 0 Å². The number of nitrogens with zero attached hydrogens (tertiary/aromatic N) is 2. The molecule has 0 aliphatic carbocycles. The number of hydrogen-bond acceptors (Lipinski definition) is 2. The molecule has 0 spiro atoms. The van der Waals surface area contributed by atoms with Crippen LogP contribution in [0.5, 0.6) is 0 Å². The summed E-state index contributed by atoms with van der Waals surface area (Å²) in [4.78, 5) is 2.65. The van der Waals surface area contributed by atoms with Crippen molar-refractivity contribution in [3.05, 3.63) is 35.9 Å². The topological polar surface area (TPSA) is 27.0 Å². The third kappa shape index (κ3) is 2.28. The van der Waals surface area contributed by atoms with E-state index in [1.54, 1.807) is 0 Å². The molecule has 0 radical (unpaired) electrons. The number of piperidine rings is 1. The maximum absolute atomic E-state index is 9.51. The predicted molar refractivity (Wildman–Crippen MR) is 76.4 cm³/mol. The first kappa shape index (κ1) is 12.7. The molecule has 100 valence electrons. The zero-order chi connectivity index (χ0) is 13.3. The summed E-state index contributed by atoms with van der Waals surface area (Å²) in [7, 11) is 0. The molecule has 2 fully saturated rings. The Kier molecular flexibility index (Phi) is 3.33. The molecule has 2 heterocycles. The SMILES string of the molecule is CCC1(C#N)CC2CCC(C1)N2Cc1ccccc1. The number of nitriles is 1. The van der Waals surface area contributed by atoms with Gasteiger partial charge in [-0.25, -0.2) is 0 Å². The molecule has 1 aromatic carbocycles. The Morgan fingerprint density at radius 1 is 1.21 bits per heavy atom. The van der Waals surface area contributed by atoms with Crippen LogP contribution in [0.25, 0.3) is 0 Å². The average Bonchev–Trinajstić information content (AvgIpc) is 2.72. The van der Waals surface area contributed by atoms with Gasteiger partial charge in [-0.2, -0.15) is 5.26 Å². The number of rotatable bonds is 3. The van der Waals surface area contributed by atoms with Gasteiger partial charge in [0.15, 0.2) is 0 Å². The first-order valence-electron chi connectivity index (χ1n) is 7.47. The summed E-state index contributed by atoms with van der Waals surface area (Å²) >= 11 is 0. The van der Waals surface area contributed by atoms with E-state index in [1.165, 1.54) is 18.4 Å². The summed E-state index contributed by atoms with van der Waals surface area (Å²) in [6, 6.07) is 14.6. The van der Waals surface area contributed by atoms with Gasteiger partial charge in [-0.05, 0) is 37.7 Å². The van der Waals surface area contributed by atoms with Gasteiger partial charge in [0.1, 0.15) is 0 Å². The molecular weight excluding hydrogens is 232 g/mol. The van der Waals surface area contributed by atoms with Crippen LogP contribution in [0.4, 0.5) is 0 Å². The molecule has 0 amide bonds. The molecule has 2 nitrogen and oxygen atoms in total. The normalized spacial score (nSPS) is 34.1. The molecule has 2 unspecified atom stereocenters. The minimum atomic E-state index is -0.0426. The van der Waals surface area contributed by atoms with Gasteiger partial charge in [0.05, 0.1) is 11.5 Å². The fourth-order valence-corrected chi connectivity index (χ4v) is 3.95. The lowest BCUT2D eigenvalue weighted by molar-refractivity contribution is 0.0637. The second kappa shape index (κ2) is 4.98. The van der Waals surface area contributed by atoms with E-state index >= 15 is 0 Å². The highest BCUT2D eigenvalue weighted by Gasteiger charge is 2.47. The molecule has 2 aliphatic heterocycles.